The summed E-state index contributed by atoms with van der Waals surface area (Å²) in [4.78, 5) is 24.1. The number of hydrogen-bond acceptors (Lipinski definition) is 6. The summed E-state index contributed by atoms with van der Waals surface area (Å²) in [6.45, 7) is 5.18. The molecule has 2 aromatic rings. The normalized spacial score (nSPS) is 21.3. The second-order valence-electron chi connectivity index (χ2n) is 7.43. The molecule has 7 nitrogen and oxygen atoms in total. The van der Waals surface area contributed by atoms with Crippen molar-refractivity contribution in [2.24, 2.45) is 0 Å². The van der Waals surface area contributed by atoms with Crippen molar-refractivity contribution in [3.05, 3.63) is 35.1 Å². The van der Waals surface area contributed by atoms with Gasteiger partial charge in [-0.25, -0.2) is 8.42 Å². The summed E-state index contributed by atoms with van der Waals surface area (Å²) in [7, 11) is -3.13. The van der Waals surface area contributed by atoms with E-state index in [1.807, 2.05) is 26.0 Å². The first-order chi connectivity index (χ1) is 12.6. The maximum absolute atomic E-state index is 12.1. The fourth-order valence-electron chi connectivity index (χ4n) is 3.36. The van der Waals surface area contributed by atoms with Gasteiger partial charge in [0, 0.05) is 10.9 Å². The van der Waals surface area contributed by atoms with E-state index in [1.54, 1.807) is 6.92 Å². The Morgan fingerprint density at radius 3 is 2.70 bits per heavy atom. The fourth-order valence-corrected chi connectivity index (χ4v) is 5.45. The zero-order chi connectivity index (χ0) is 19.8. The highest BCUT2D eigenvalue weighted by Crippen LogP contribution is 2.27. The second kappa shape index (κ2) is 6.99. The lowest BCUT2D eigenvalue weighted by Crippen LogP contribution is -2.48. The molecule has 0 aliphatic carbocycles. The Hall–Kier alpha value is -2.35. The van der Waals surface area contributed by atoms with E-state index in [2.05, 4.69) is 5.32 Å². The van der Waals surface area contributed by atoms with E-state index >= 15 is 0 Å². The van der Waals surface area contributed by atoms with Crippen LogP contribution in [0.1, 0.15) is 30.0 Å². The van der Waals surface area contributed by atoms with Crippen molar-refractivity contribution in [3.63, 3.8) is 0 Å². The van der Waals surface area contributed by atoms with E-state index in [-0.39, 0.29) is 17.9 Å². The topological polar surface area (TPSA) is 103 Å². The quantitative estimate of drug-likeness (QED) is 0.778. The number of amides is 1. The molecule has 1 aromatic heterocycles. The maximum Gasteiger partial charge on any atom is 0.310 e. The lowest BCUT2D eigenvalue weighted by atomic mass is 10.0. The van der Waals surface area contributed by atoms with Gasteiger partial charge in [0.1, 0.15) is 5.58 Å². The molecule has 0 bridgehead atoms. The van der Waals surface area contributed by atoms with E-state index in [1.165, 1.54) is 6.26 Å². The van der Waals surface area contributed by atoms with Gasteiger partial charge in [-0.05, 0) is 38.3 Å². The Kier molecular flexibility index (Phi) is 5.03. The zero-order valence-corrected chi connectivity index (χ0v) is 16.4. The predicted octanol–water partition coefficient (Wildman–Crippen LogP) is 1.83. The summed E-state index contributed by atoms with van der Waals surface area (Å²) in [6.07, 6.45) is 1.88. The molecule has 1 amide bonds. The van der Waals surface area contributed by atoms with E-state index in [0.29, 0.717) is 12.0 Å². The SMILES string of the molecule is Cc1ccc2c(CC(=O)OCC(=O)N[C@]3(C)CCS(=O)(=O)C3)coc2c1C. The first-order valence-electron chi connectivity index (χ1n) is 8.72. The number of nitrogens with one attached hydrogen (secondary N) is 1. The number of aryl methyl sites for hydroxylation is 2. The molecule has 0 saturated carbocycles. The second-order valence-corrected chi connectivity index (χ2v) is 9.62. The van der Waals surface area contributed by atoms with Crippen LogP contribution in [-0.4, -0.2) is 43.9 Å². The molecule has 1 N–H and O–H groups in total. The molecule has 1 atom stereocenters. The molecule has 1 aliphatic heterocycles. The summed E-state index contributed by atoms with van der Waals surface area (Å²) in [5.74, 6) is -1.10. The van der Waals surface area contributed by atoms with Crippen molar-refractivity contribution in [3.8, 4) is 0 Å². The smallest absolute Gasteiger partial charge is 0.310 e. The Balaban J connectivity index is 1.56. The molecule has 1 aliphatic rings. The zero-order valence-electron chi connectivity index (χ0n) is 15.6. The Morgan fingerprint density at radius 1 is 1.30 bits per heavy atom. The number of furan rings is 1. The number of rotatable bonds is 5. The minimum Gasteiger partial charge on any atom is -0.464 e. The van der Waals surface area contributed by atoms with Gasteiger partial charge in [0.05, 0.1) is 29.7 Å². The van der Waals surface area contributed by atoms with Crippen LogP contribution in [0.5, 0.6) is 0 Å². The Morgan fingerprint density at radius 2 is 2.04 bits per heavy atom. The van der Waals surface area contributed by atoms with Crippen LogP contribution in [0.25, 0.3) is 11.0 Å². The summed E-state index contributed by atoms with van der Waals surface area (Å²) in [5.41, 5.74) is 2.76. The highest BCUT2D eigenvalue weighted by atomic mass is 32.2. The van der Waals surface area contributed by atoms with Crippen molar-refractivity contribution in [2.45, 2.75) is 39.2 Å². The Labute approximate surface area is 158 Å². The van der Waals surface area contributed by atoms with Gasteiger partial charge in [-0.3, -0.25) is 9.59 Å². The van der Waals surface area contributed by atoms with Crippen LogP contribution in [-0.2, 0) is 30.6 Å². The van der Waals surface area contributed by atoms with Crippen molar-refractivity contribution < 1.29 is 27.2 Å². The monoisotopic (exact) mass is 393 g/mol. The standard InChI is InChI=1S/C19H23NO6S/c1-12-4-5-15-14(9-26-18(15)13(12)2)8-17(22)25-10-16(21)20-19(3)6-7-27(23,24)11-19/h4-5,9H,6-8,10-11H2,1-3H3,(H,20,21)/t19-/m1/s1. The number of hydrogen-bond donors (Lipinski definition) is 1. The van der Waals surface area contributed by atoms with Gasteiger partial charge in [-0.1, -0.05) is 12.1 Å². The number of fused-ring (bicyclic) bond motifs is 1. The summed E-state index contributed by atoms with van der Waals surface area (Å²) >= 11 is 0. The molecule has 27 heavy (non-hydrogen) atoms. The molecular weight excluding hydrogens is 370 g/mol. The maximum atomic E-state index is 12.1. The molecule has 1 fully saturated rings. The molecule has 2 heterocycles. The summed E-state index contributed by atoms with van der Waals surface area (Å²) < 4.78 is 33.8. The average Bonchev–Trinajstić information content (AvgIpc) is 3.09. The van der Waals surface area contributed by atoms with Crippen LogP contribution in [0.3, 0.4) is 0 Å². The summed E-state index contributed by atoms with van der Waals surface area (Å²) in [5, 5.41) is 3.50. The molecule has 0 radical (unpaired) electrons. The predicted molar refractivity (Wildman–Crippen MR) is 100 cm³/mol. The molecule has 8 heteroatoms. The number of carbonyl (C=O) groups excluding carboxylic acids is 2. The van der Waals surface area contributed by atoms with Gasteiger partial charge < -0.3 is 14.5 Å². The summed E-state index contributed by atoms with van der Waals surface area (Å²) in [6, 6.07) is 3.86. The third-order valence-electron chi connectivity index (χ3n) is 4.99. The number of esters is 1. The van der Waals surface area contributed by atoms with Crippen molar-refractivity contribution >= 4 is 32.7 Å². The van der Waals surface area contributed by atoms with Crippen LogP contribution in [0.4, 0.5) is 0 Å². The highest BCUT2D eigenvalue weighted by Gasteiger charge is 2.39. The van der Waals surface area contributed by atoms with Crippen molar-refractivity contribution in [1.29, 1.82) is 0 Å². The molecule has 146 valence electrons. The Bertz CT molecular complexity index is 1010. The third-order valence-corrected chi connectivity index (χ3v) is 6.89. The number of sulfone groups is 1. The number of carbonyl (C=O) groups is 2. The molecule has 1 saturated heterocycles. The van der Waals surface area contributed by atoms with Gasteiger partial charge >= 0.3 is 5.97 Å². The third kappa shape index (κ3) is 4.32. The lowest BCUT2D eigenvalue weighted by Gasteiger charge is -2.23. The number of ether oxygens (including phenoxy) is 1. The first kappa shape index (κ1) is 19.4. The fraction of sp³-hybridized carbons (Fsp3) is 0.474. The van der Waals surface area contributed by atoms with Crippen LogP contribution < -0.4 is 5.32 Å². The van der Waals surface area contributed by atoms with Crippen molar-refractivity contribution in [2.75, 3.05) is 18.1 Å². The molecule has 0 unspecified atom stereocenters. The van der Waals surface area contributed by atoms with Crippen LogP contribution >= 0.6 is 0 Å². The minimum absolute atomic E-state index is 0.00553. The van der Waals surface area contributed by atoms with Gasteiger partial charge in [-0.15, -0.1) is 0 Å². The highest BCUT2D eigenvalue weighted by molar-refractivity contribution is 7.91. The van der Waals surface area contributed by atoms with Gasteiger partial charge in [-0.2, -0.15) is 0 Å². The molecule has 3 rings (SSSR count). The van der Waals surface area contributed by atoms with E-state index < -0.39 is 33.9 Å². The average molecular weight is 393 g/mol. The molecular formula is C19H23NO6S. The van der Waals surface area contributed by atoms with Crippen LogP contribution in [0, 0.1) is 13.8 Å². The van der Waals surface area contributed by atoms with E-state index in [0.717, 1.165) is 22.1 Å². The van der Waals surface area contributed by atoms with Gasteiger partial charge in [0.25, 0.3) is 5.91 Å². The molecule has 1 aromatic carbocycles. The first-order valence-corrected chi connectivity index (χ1v) is 10.5. The largest absolute Gasteiger partial charge is 0.464 e. The van der Waals surface area contributed by atoms with Crippen LogP contribution in [0.15, 0.2) is 22.8 Å². The lowest BCUT2D eigenvalue weighted by molar-refractivity contribution is -0.148. The van der Waals surface area contributed by atoms with Crippen molar-refractivity contribution in [1.82, 2.24) is 5.32 Å². The van der Waals surface area contributed by atoms with E-state index in [4.69, 9.17) is 9.15 Å². The molecule has 0 spiro atoms. The van der Waals surface area contributed by atoms with Gasteiger partial charge in [0.2, 0.25) is 0 Å². The van der Waals surface area contributed by atoms with Crippen LogP contribution in [0.2, 0.25) is 0 Å². The van der Waals surface area contributed by atoms with E-state index in [9.17, 15) is 18.0 Å². The minimum atomic E-state index is -3.13. The van der Waals surface area contributed by atoms with Gasteiger partial charge in [0.15, 0.2) is 16.4 Å². The number of benzene rings is 1.